The summed E-state index contributed by atoms with van der Waals surface area (Å²) in [4.78, 5) is 36.2. The molecule has 0 aromatic rings. The quantitative estimate of drug-likeness (QED) is 0.430. The number of hydrogen-bond acceptors (Lipinski definition) is 5. The maximum atomic E-state index is 12.7. The normalized spacial score (nSPS) is 47.0. The molecule has 1 aliphatic heterocycles. The van der Waals surface area contributed by atoms with Gasteiger partial charge in [0, 0.05) is 13.3 Å². The lowest BCUT2D eigenvalue weighted by Crippen LogP contribution is -2.61. The number of nitrogens with zero attached hydrogens (tertiary/aromatic N) is 1. The average Bonchev–Trinajstić information content (AvgIpc) is 2.61. The maximum absolute atomic E-state index is 12.7. The summed E-state index contributed by atoms with van der Waals surface area (Å²) in [5.41, 5.74) is -0.439. The van der Waals surface area contributed by atoms with Crippen LogP contribution < -0.4 is 0 Å². The van der Waals surface area contributed by atoms with Crippen LogP contribution in [0.2, 0.25) is 0 Å². The molecule has 0 aromatic heterocycles. The van der Waals surface area contributed by atoms with E-state index >= 15 is 0 Å². The van der Waals surface area contributed by atoms with Crippen molar-refractivity contribution >= 4 is 17.8 Å². The van der Waals surface area contributed by atoms with Gasteiger partial charge in [0.05, 0.1) is 5.41 Å². The summed E-state index contributed by atoms with van der Waals surface area (Å²) in [5, 5.41) is 10.2. The third-order valence-corrected chi connectivity index (χ3v) is 8.65. The number of ether oxygens (including phenoxy) is 1. The van der Waals surface area contributed by atoms with Gasteiger partial charge in [-0.3, -0.25) is 19.6 Å². The van der Waals surface area contributed by atoms with Crippen molar-refractivity contribution in [2.45, 2.75) is 78.2 Å². The Hall–Kier alpha value is -1.43. The molecule has 4 fully saturated rings. The minimum Gasteiger partial charge on any atom is -0.463 e. The molecular weight excluding hydrogens is 346 g/mol. The number of carbonyl (C=O) groups is 3. The van der Waals surface area contributed by atoms with E-state index in [1.165, 1.54) is 6.92 Å². The molecule has 3 saturated carbocycles. The minimum atomic E-state index is -0.623. The zero-order valence-electron chi connectivity index (χ0n) is 16.6. The fourth-order valence-electron chi connectivity index (χ4n) is 7.15. The van der Waals surface area contributed by atoms with Gasteiger partial charge in [-0.1, -0.05) is 13.8 Å². The molecule has 150 valence electrons. The van der Waals surface area contributed by atoms with Crippen LogP contribution >= 0.6 is 0 Å². The molecule has 4 aliphatic rings. The fraction of sp³-hybridized carbons (Fsp3) is 0.857. The molecular formula is C21H31NO5. The van der Waals surface area contributed by atoms with E-state index in [2.05, 4.69) is 6.92 Å². The number of esters is 1. The molecule has 0 aromatic carbocycles. The van der Waals surface area contributed by atoms with Crippen molar-refractivity contribution < 1.29 is 24.3 Å². The summed E-state index contributed by atoms with van der Waals surface area (Å²) < 4.78 is 5.50. The van der Waals surface area contributed by atoms with Crippen LogP contribution in [0.5, 0.6) is 0 Å². The highest BCUT2D eigenvalue weighted by atomic mass is 16.5. The highest BCUT2D eigenvalue weighted by molar-refractivity contribution is 5.99. The summed E-state index contributed by atoms with van der Waals surface area (Å²) in [6.07, 6.45) is 6.96. The molecule has 0 spiro atoms. The van der Waals surface area contributed by atoms with E-state index in [0.29, 0.717) is 22.8 Å². The molecule has 7 atom stereocenters. The van der Waals surface area contributed by atoms with Crippen molar-refractivity contribution in [1.29, 1.82) is 0 Å². The predicted molar refractivity (Wildman–Crippen MR) is 96.3 cm³/mol. The summed E-state index contributed by atoms with van der Waals surface area (Å²) in [6.45, 7) is 5.80. The second kappa shape index (κ2) is 6.29. The zero-order valence-corrected chi connectivity index (χ0v) is 16.6. The van der Waals surface area contributed by atoms with Gasteiger partial charge in [0.2, 0.25) is 0 Å². The third kappa shape index (κ3) is 2.74. The summed E-state index contributed by atoms with van der Waals surface area (Å²) in [5.74, 6) is 0.366. The van der Waals surface area contributed by atoms with E-state index in [4.69, 9.17) is 4.74 Å². The molecule has 1 saturated heterocycles. The Balaban J connectivity index is 1.57. The van der Waals surface area contributed by atoms with Crippen LogP contribution in [0, 0.1) is 34.5 Å². The molecule has 0 radical (unpaired) electrons. The van der Waals surface area contributed by atoms with Crippen LogP contribution in [0.25, 0.3) is 0 Å². The Morgan fingerprint density at radius 3 is 2.56 bits per heavy atom. The van der Waals surface area contributed by atoms with E-state index in [1.54, 1.807) is 0 Å². The standard InChI is InChI=1S/C21H31NO5/c1-12(23)27-14-6-8-20(2)13(10-14)4-5-15-16(20)7-9-21(3)17(15)11-18(24)22(26)19(21)25/h13-17,26H,4-11H2,1-3H3/t13-,14-,15-,16+,17-,20-,21-/m1/s1. The number of amides is 2. The molecule has 4 rings (SSSR count). The van der Waals surface area contributed by atoms with Gasteiger partial charge in [0.15, 0.2) is 0 Å². The third-order valence-electron chi connectivity index (χ3n) is 8.65. The van der Waals surface area contributed by atoms with Gasteiger partial charge < -0.3 is 4.74 Å². The van der Waals surface area contributed by atoms with Crippen LogP contribution in [0.1, 0.15) is 72.1 Å². The topological polar surface area (TPSA) is 83.9 Å². The SMILES string of the molecule is CC(=O)O[C@@H]1CC[C@]2(C)[C@H](CC[C@H]3[C@H]4CC(=O)N(O)C(=O)[C@]4(C)CC[C@@H]32)C1. The van der Waals surface area contributed by atoms with E-state index in [9.17, 15) is 19.6 Å². The molecule has 0 bridgehead atoms. The molecule has 6 nitrogen and oxygen atoms in total. The largest absolute Gasteiger partial charge is 0.463 e. The van der Waals surface area contributed by atoms with Gasteiger partial charge in [0.25, 0.3) is 11.8 Å². The molecule has 1 heterocycles. The van der Waals surface area contributed by atoms with Gasteiger partial charge in [-0.05, 0) is 74.0 Å². The molecule has 6 heteroatoms. The lowest BCUT2D eigenvalue weighted by Gasteiger charge is -2.61. The highest BCUT2D eigenvalue weighted by Gasteiger charge is 2.61. The van der Waals surface area contributed by atoms with Gasteiger partial charge in [0.1, 0.15) is 6.10 Å². The predicted octanol–water partition coefficient (Wildman–Crippen LogP) is 3.32. The Morgan fingerprint density at radius 1 is 1.11 bits per heavy atom. The van der Waals surface area contributed by atoms with Crippen molar-refractivity contribution in [2.75, 3.05) is 0 Å². The summed E-state index contributed by atoms with van der Waals surface area (Å²) in [7, 11) is 0. The van der Waals surface area contributed by atoms with Crippen LogP contribution in [-0.2, 0) is 19.1 Å². The van der Waals surface area contributed by atoms with Crippen molar-refractivity contribution in [3.8, 4) is 0 Å². The van der Waals surface area contributed by atoms with Gasteiger partial charge in [-0.15, -0.1) is 0 Å². The Bertz CT molecular complexity index is 677. The van der Waals surface area contributed by atoms with E-state index < -0.39 is 17.2 Å². The molecule has 3 aliphatic carbocycles. The van der Waals surface area contributed by atoms with E-state index in [1.807, 2.05) is 6.92 Å². The highest BCUT2D eigenvalue weighted by Crippen LogP contribution is 2.64. The van der Waals surface area contributed by atoms with Crippen molar-refractivity contribution in [3.63, 3.8) is 0 Å². The number of carbonyl (C=O) groups excluding carboxylic acids is 3. The number of piperidine rings is 1. The van der Waals surface area contributed by atoms with Crippen LogP contribution in [0.3, 0.4) is 0 Å². The smallest absolute Gasteiger partial charge is 0.302 e. The van der Waals surface area contributed by atoms with Crippen LogP contribution in [-0.4, -0.2) is 34.2 Å². The lowest BCUT2D eigenvalue weighted by molar-refractivity contribution is -0.211. The summed E-state index contributed by atoms with van der Waals surface area (Å²) >= 11 is 0. The molecule has 0 unspecified atom stereocenters. The maximum Gasteiger partial charge on any atom is 0.302 e. The van der Waals surface area contributed by atoms with Gasteiger partial charge in [-0.25, -0.2) is 0 Å². The van der Waals surface area contributed by atoms with Crippen LogP contribution in [0.15, 0.2) is 0 Å². The number of hydrogen-bond donors (Lipinski definition) is 1. The van der Waals surface area contributed by atoms with Crippen molar-refractivity contribution in [1.82, 2.24) is 5.06 Å². The molecule has 1 N–H and O–H groups in total. The molecule has 27 heavy (non-hydrogen) atoms. The number of imide groups is 1. The number of fused-ring (bicyclic) bond motifs is 5. The van der Waals surface area contributed by atoms with Gasteiger partial charge >= 0.3 is 5.97 Å². The fourth-order valence-corrected chi connectivity index (χ4v) is 7.15. The molecule has 2 amide bonds. The summed E-state index contributed by atoms with van der Waals surface area (Å²) in [6, 6.07) is 0. The first-order valence-corrected chi connectivity index (χ1v) is 10.4. The first-order valence-electron chi connectivity index (χ1n) is 10.4. The Labute approximate surface area is 160 Å². The zero-order chi connectivity index (χ0) is 19.6. The second-order valence-corrected chi connectivity index (χ2v) is 9.83. The van der Waals surface area contributed by atoms with Gasteiger partial charge in [-0.2, -0.15) is 5.06 Å². The Morgan fingerprint density at radius 2 is 1.85 bits per heavy atom. The average molecular weight is 377 g/mol. The van der Waals surface area contributed by atoms with Crippen LogP contribution in [0.4, 0.5) is 0 Å². The number of hydroxylamine groups is 2. The minimum absolute atomic E-state index is 0.0311. The Kier molecular flexibility index (Phi) is 4.41. The lowest BCUT2D eigenvalue weighted by atomic mass is 9.44. The van der Waals surface area contributed by atoms with E-state index in [0.717, 1.165) is 44.9 Å². The first kappa shape index (κ1) is 18.9. The number of rotatable bonds is 1. The van der Waals surface area contributed by atoms with E-state index in [-0.39, 0.29) is 29.8 Å². The monoisotopic (exact) mass is 377 g/mol. The second-order valence-electron chi connectivity index (χ2n) is 9.83. The first-order chi connectivity index (χ1) is 12.7. The van der Waals surface area contributed by atoms with Crippen molar-refractivity contribution in [2.24, 2.45) is 34.5 Å². The van der Waals surface area contributed by atoms with Crippen molar-refractivity contribution in [3.05, 3.63) is 0 Å².